The van der Waals surface area contributed by atoms with Crippen LogP contribution in [-0.4, -0.2) is 18.0 Å². The Morgan fingerprint density at radius 3 is 2.79 bits per heavy atom. The van der Waals surface area contributed by atoms with Gasteiger partial charge in [0.1, 0.15) is 0 Å². The van der Waals surface area contributed by atoms with Crippen molar-refractivity contribution in [3.05, 3.63) is 29.8 Å². The highest BCUT2D eigenvalue weighted by Gasteiger charge is 2.39. The molecular weight excluding hydrogens is 274 g/mol. The highest BCUT2D eigenvalue weighted by Crippen LogP contribution is 2.26. The molecule has 1 atom stereocenters. The van der Waals surface area contributed by atoms with E-state index in [1.807, 2.05) is 6.92 Å². The maximum atomic E-state index is 13.5. The molecule has 1 aromatic carbocycles. The maximum absolute atomic E-state index is 13.5. The SMILES string of the molecule is CCC1(C(=O)Nc2cccc(F)c2F)CCCN1.Cl. The van der Waals surface area contributed by atoms with Crippen LogP contribution in [0.4, 0.5) is 14.5 Å². The van der Waals surface area contributed by atoms with E-state index in [0.29, 0.717) is 12.8 Å². The van der Waals surface area contributed by atoms with E-state index in [4.69, 9.17) is 0 Å². The van der Waals surface area contributed by atoms with Crippen molar-refractivity contribution < 1.29 is 13.6 Å². The molecule has 1 amide bonds. The average molecular weight is 291 g/mol. The van der Waals surface area contributed by atoms with E-state index in [1.165, 1.54) is 12.1 Å². The van der Waals surface area contributed by atoms with Gasteiger partial charge in [-0.25, -0.2) is 8.78 Å². The quantitative estimate of drug-likeness (QED) is 0.899. The molecule has 19 heavy (non-hydrogen) atoms. The zero-order valence-corrected chi connectivity index (χ0v) is 11.4. The van der Waals surface area contributed by atoms with Crippen molar-refractivity contribution in [3.63, 3.8) is 0 Å². The third kappa shape index (κ3) is 3.04. The fourth-order valence-corrected chi connectivity index (χ4v) is 2.30. The topological polar surface area (TPSA) is 41.1 Å². The summed E-state index contributed by atoms with van der Waals surface area (Å²) in [5.74, 6) is -2.28. The second kappa shape index (κ2) is 6.30. The molecule has 0 aromatic heterocycles. The van der Waals surface area contributed by atoms with Crippen molar-refractivity contribution >= 4 is 24.0 Å². The van der Waals surface area contributed by atoms with Gasteiger partial charge in [-0.05, 0) is 37.9 Å². The monoisotopic (exact) mass is 290 g/mol. The van der Waals surface area contributed by atoms with E-state index in [2.05, 4.69) is 10.6 Å². The molecule has 0 aliphatic carbocycles. The number of halogens is 3. The molecule has 2 N–H and O–H groups in total. The molecule has 1 aromatic rings. The van der Waals surface area contributed by atoms with Crippen LogP contribution in [0.15, 0.2) is 18.2 Å². The first-order chi connectivity index (χ1) is 8.59. The average Bonchev–Trinajstić information content (AvgIpc) is 2.85. The molecule has 1 fully saturated rings. The predicted molar refractivity (Wildman–Crippen MR) is 72.5 cm³/mol. The van der Waals surface area contributed by atoms with Crippen LogP contribution in [0.25, 0.3) is 0 Å². The van der Waals surface area contributed by atoms with Crippen LogP contribution < -0.4 is 10.6 Å². The second-order valence-electron chi connectivity index (χ2n) is 4.52. The number of amides is 1. The van der Waals surface area contributed by atoms with E-state index in [1.54, 1.807) is 0 Å². The Balaban J connectivity index is 0.00000180. The van der Waals surface area contributed by atoms with Crippen LogP contribution in [0.2, 0.25) is 0 Å². The zero-order chi connectivity index (χ0) is 13.2. The van der Waals surface area contributed by atoms with E-state index in [9.17, 15) is 13.6 Å². The molecule has 3 nitrogen and oxygen atoms in total. The summed E-state index contributed by atoms with van der Waals surface area (Å²) in [7, 11) is 0. The largest absolute Gasteiger partial charge is 0.322 e. The number of anilines is 1. The summed E-state index contributed by atoms with van der Waals surface area (Å²) in [6.07, 6.45) is 2.24. The number of carbonyl (C=O) groups excluding carboxylic acids is 1. The molecule has 0 saturated carbocycles. The highest BCUT2D eigenvalue weighted by atomic mass is 35.5. The second-order valence-corrected chi connectivity index (χ2v) is 4.52. The maximum Gasteiger partial charge on any atom is 0.244 e. The van der Waals surface area contributed by atoms with Gasteiger partial charge in [0.15, 0.2) is 11.6 Å². The number of hydrogen-bond donors (Lipinski definition) is 2. The van der Waals surface area contributed by atoms with Gasteiger partial charge >= 0.3 is 0 Å². The minimum Gasteiger partial charge on any atom is -0.322 e. The molecule has 106 valence electrons. The summed E-state index contributed by atoms with van der Waals surface area (Å²) in [4.78, 5) is 12.2. The van der Waals surface area contributed by atoms with Crippen LogP contribution in [0.5, 0.6) is 0 Å². The minimum atomic E-state index is -1.02. The fraction of sp³-hybridized carbons (Fsp3) is 0.462. The molecule has 6 heteroatoms. The molecule has 0 spiro atoms. The van der Waals surface area contributed by atoms with E-state index in [-0.39, 0.29) is 24.0 Å². The zero-order valence-electron chi connectivity index (χ0n) is 10.6. The normalized spacial score (nSPS) is 21.8. The van der Waals surface area contributed by atoms with Crippen molar-refractivity contribution in [2.24, 2.45) is 0 Å². The molecular formula is C13H17ClF2N2O. The predicted octanol–water partition coefficient (Wildman–Crippen LogP) is 2.86. The summed E-state index contributed by atoms with van der Waals surface area (Å²) in [6, 6.07) is 3.75. The van der Waals surface area contributed by atoms with Gasteiger partial charge in [-0.15, -0.1) is 12.4 Å². The number of hydrogen-bond acceptors (Lipinski definition) is 2. The Morgan fingerprint density at radius 2 is 2.21 bits per heavy atom. The molecule has 1 unspecified atom stereocenters. The molecule has 0 bridgehead atoms. The summed E-state index contributed by atoms with van der Waals surface area (Å²) < 4.78 is 26.5. The van der Waals surface area contributed by atoms with E-state index in [0.717, 1.165) is 19.0 Å². The summed E-state index contributed by atoms with van der Waals surface area (Å²) in [5, 5.41) is 5.61. The minimum absolute atomic E-state index is 0. The molecule has 1 heterocycles. The van der Waals surface area contributed by atoms with Crippen LogP contribution in [0.1, 0.15) is 26.2 Å². The standard InChI is InChI=1S/C13H16F2N2O.ClH/c1-2-13(7-4-8-16-13)12(18)17-10-6-3-5-9(14)11(10)15;/h3,5-6,16H,2,4,7-8H2,1H3,(H,17,18);1H. The molecule has 1 saturated heterocycles. The first-order valence-corrected chi connectivity index (χ1v) is 6.09. The smallest absolute Gasteiger partial charge is 0.244 e. The van der Waals surface area contributed by atoms with Crippen molar-refractivity contribution in [1.82, 2.24) is 5.32 Å². The molecule has 1 aliphatic heterocycles. The van der Waals surface area contributed by atoms with Gasteiger partial charge < -0.3 is 10.6 Å². The van der Waals surface area contributed by atoms with Crippen LogP contribution in [0, 0.1) is 11.6 Å². The number of rotatable bonds is 3. The first-order valence-electron chi connectivity index (χ1n) is 6.09. The summed E-state index contributed by atoms with van der Waals surface area (Å²) in [6.45, 7) is 2.67. The van der Waals surface area contributed by atoms with Gasteiger partial charge in [-0.3, -0.25) is 4.79 Å². The summed E-state index contributed by atoms with van der Waals surface area (Å²) in [5.41, 5.74) is -0.764. The molecule has 2 rings (SSSR count). The first kappa shape index (κ1) is 15.9. The Bertz CT molecular complexity index is 462. The van der Waals surface area contributed by atoms with E-state index >= 15 is 0 Å². The Morgan fingerprint density at radius 1 is 1.47 bits per heavy atom. The van der Waals surface area contributed by atoms with Crippen LogP contribution in [0.3, 0.4) is 0 Å². The third-order valence-corrected chi connectivity index (χ3v) is 3.48. The lowest BCUT2D eigenvalue weighted by Gasteiger charge is -2.26. The Labute approximate surface area is 117 Å². The lowest BCUT2D eigenvalue weighted by Crippen LogP contribution is -2.50. The molecule has 1 aliphatic rings. The van der Waals surface area contributed by atoms with E-state index < -0.39 is 17.2 Å². The van der Waals surface area contributed by atoms with Gasteiger partial charge in [0, 0.05) is 0 Å². The fourth-order valence-electron chi connectivity index (χ4n) is 2.30. The highest BCUT2D eigenvalue weighted by molar-refractivity contribution is 5.98. The van der Waals surface area contributed by atoms with Gasteiger partial charge in [0.2, 0.25) is 5.91 Å². The lowest BCUT2D eigenvalue weighted by atomic mass is 9.93. The van der Waals surface area contributed by atoms with Crippen molar-refractivity contribution in [2.45, 2.75) is 31.7 Å². The number of carbonyl (C=O) groups is 1. The Hall–Kier alpha value is -1.20. The lowest BCUT2D eigenvalue weighted by molar-refractivity contribution is -0.122. The van der Waals surface area contributed by atoms with Gasteiger partial charge in [0.05, 0.1) is 11.2 Å². The van der Waals surface area contributed by atoms with Gasteiger partial charge in [0.25, 0.3) is 0 Å². The number of benzene rings is 1. The summed E-state index contributed by atoms with van der Waals surface area (Å²) >= 11 is 0. The van der Waals surface area contributed by atoms with Crippen molar-refractivity contribution in [3.8, 4) is 0 Å². The van der Waals surface area contributed by atoms with Gasteiger partial charge in [-0.2, -0.15) is 0 Å². The van der Waals surface area contributed by atoms with Crippen LogP contribution >= 0.6 is 12.4 Å². The molecule has 0 radical (unpaired) electrons. The van der Waals surface area contributed by atoms with Gasteiger partial charge in [-0.1, -0.05) is 13.0 Å². The Kier molecular flexibility index (Phi) is 5.26. The van der Waals surface area contributed by atoms with Crippen molar-refractivity contribution in [2.75, 3.05) is 11.9 Å². The van der Waals surface area contributed by atoms with Crippen LogP contribution in [-0.2, 0) is 4.79 Å². The third-order valence-electron chi connectivity index (χ3n) is 3.48. The number of nitrogens with one attached hydrogen (secondary N) is 2. The van der Waals surface area contributed by atoms with Crippen molar-refractivity contribution in [1.29, 1.82) is 0 Å².